The van der Waals surface area contributed by atoms with Crippen molar-refractivity contribution in [2.24, 2.45) is 10.8 Å². The first-order valence-electron chi connectivity index (χ1n) is 12.4. The summed E-state index contributed by atoms with van der Waals surface area (Å²) >= 11 is 0. The number of hydrogen-bond acceptors (Lipinski definition) is 9. The SMILES string of the molecule is COC(=O)C12CN(C)CC(C)(C(c3ccccn3)N(Cc3cccc(C(=O)O)n3)C1c1ccccn1)C2O. The third-order valence-corrected chi connectivity index (χ3v) is 7.90. The van der Waals surface area contributed by atoms with Gasteiger partial charge in [-0.2, -0.15) is 0 Å². The van der Waals surface area contributed by atoms with E-state index >= 15 is 0 Å². The topological polar surface area (TPSA) is 129 Å². The Morgan fingerprint density at radius 2 is 1.66 bits per heavy atom. The van der Waals surface area contributed by atoms with E-state index in [0.29, 0.717) is 17.9 Å². The number of fused-ring (bicyclic) bond motifs is 2. The van der Waals surface area contributed by atoms with E-state index in [4.69, 9.17) is 4.74 Å². The summed E-state index contributed by atoms with van der Waals surface area (Å²) in [6.07, 6.45) is 2.27. The monoisotopic (exact) mass is 517 g/mol. The molecule has 2 aliphatic heterocycles. The fourth-order valence-electron chi connectivity index (χ4n) is 6.69. The van der Waals surface area contributed by atoms with E-state index in [2.05, 4.69) is 24.8 Å². The number of carboxylic acids is 1. The summed E-state index contributed by atoms with van der Waals surface area (Å²) in [6, 6.07) is 14.8. The molecule has 0 saturated carbocycles. The molecule has 0 amide bonds. The van der Waals surface area contributed by atoms with Gasteiger partial charge in [0.25, 0.3) is 0 Å². The predicted molar refractivity (Wildman–Crippen MR) is 137 cm³/mol. The highest BCUT2D eigenvalue weighted by molar-refractivity contribution is 5.85. The molecule has 0 aliphatic carbocycles. The Balaban J connectivity index is 1.79. The molecule has 2 fully saturated rings. The van der Waals surface area contributed by atoms with Gasteiger partial charge in [0.15, 0.2) is 0 Å². The molecule has 2 saturated heterocycles. The van der Waals surface area contributed by atoms with Gasteiger partial charge in [-0.1, -0.05) is 25.1 Å². The molecule has 5 heterocycles. The van der Waals surface area contributed by atoms with E-state index < -0.39 is 41.0 Å². The summed E-state index contributed by atoms with van der Waals surface area (Å²) < 4.78 is 5.38. The van der Waals surface area contributed by atoms with Crippen LogP contribution < -0.4 is 0 Å². The molecular formula is C28H31N5O5. The van der Waals surface area contributed by atoms with Crippen LogP contribution in [0.4, 0.5) is 0 Å². The number of pyridine rings is 3. The number of ether oxygens (including phenoxy) is 1. The van der Waals surface area contributed by atoms with Crippen molar-refractivity contribution in [1.29, 1.82) is 0 Å². The Hall–Kier alpha value is -3.73. The molecule has 2 aliphatic rings. The van der Waals surface area contributed by atoms with E-state index in [9.17, 15) is 19.8 Å². The third-order valence-electron chi connectivity index (χ3n) is 7.90. The number of aromatic carboxylic acids is 1. The molecule has 0 spiro atoms. The van der Waals surface area contributed by atoms with E-state index in [0.717, 1.165) is 5.69 Å². The highest BCUT2D eigenvalue weighted by Crippen LogP contribution is 2.62. The average Bonchev–Trinajstić information content (AvgIpc) is 2.91. The van der Waals surface area contributed by atoms with Gasteiger partial charge < -0.3 is 19.8 Å². The lowest BCUT2D eigenvalue weighted by Crippen LogP contribution is -2.74. The van der Waals surface area contributed by atoms with Gasteiger partial charge in [-0.05, 0) is 43.4 Å². The van der Waals surface area contributed by atoms with Gasteiger partial charge in [-0.25, -0.2) is 9.78 Å². The smallest absolute Gasteiger partial charge is 0.354 e. The molecule has 10 nitrogen and oxygen atoms in total. The van der Waals surface area contributed by atoms with E-state index in [1.165, 1.54) is 13.2 Å². The highest BCUT2D eigenvalue weighted by Gasteiger charge is 2.70. The molecule has 0 aromatic carbocycles. The number of piperidine rings is 2. The lowest BCUT2D eigenvalue weighted by atomic mass is 9.54. The second-order valence-electron chi connectivity index (χ2n) is 10.4. The van der Waals surface area contributed by atoms with Crippen molar-refractivity contribution in [2.75, 3.05) is 27.2 Å². The molecule has 3 aromatic rings. The standard InChI is InChI=1S/C28H31N5O5/c1-27-16-32(2)17-28(25(27)36,26(37)38-3)23(20-11-5-7-14-30-20)33(22(27)19-10-4-6-13-29-19)15-18-9-8-12-21(31-18)24(34)35/h4-14,22-23,25,36H,15-17H2,1-3H3,(H,34,35). The quantitative estimate of drug-likeness (QED) is 0.470. The van der Waals surface area contributed by atoms with Crippen LogP contribution >= 0.6 is 0 Å². The van der Waals surface area contributed by atoms with E-state index in [-0.39, 0.29) is 18.8 Å². The molecule has 2 N–H and O–H groups in total. The fraction of sp³-hybridized carbons (Fsp3) is 0.393. The van der Waals surface area contributed by atoms with Crippen molar-refractivity contribution in [3.63, 3.8) is 0 Å². The number of aliphatic hydroxyl groups is 1. The van der Waals surface area contributed by atoms with Crippen LogP contribution in [0.3, 0.4) is 0 Å². The van der Waals surface area contributed by atoms with Crippen molar-refractivity contribution >= 4 is 11.9 Å². The zero-order valence-corrected chi connectivity index (χ0v) is 21.6. The molecule has 2 bridgehead atoms. The number of rotatable bonds is 6. The number of nitrogens with zero attached hydrogens (tertiary/aromatic N) is 5. The first-order valence-corrected chi connectivity index (χ1v) is 12.4. The van der Waals surface area contributed by atoms with Crippen LogP contribution in [0, 0.1) is 10.8 Å². The molecule has 5 unspecified atom stereocenters. The number of esters is 1. The maximum absolute atomic E-state index is 13.8. The van der Waals surface area contributed by atoms with Crippen molar-refractivity contribution in [3.05, 3.63) is 89.8 Å². The predicted octanol–water partition coefficient (Wildman–Crippen LogP) is 2.34. The number of carboxylic acid groups (broad SMARTS) is 1. The summed E-state index contributed by atoms with van der Waals surface area (Å²) in [5.41, 5.74) is -0.496. The van der Waals surface area contributed by atoms with Crippen LogP contribution in [0.2, 0.25) is 0 Å². The van der Waals surface area contributed by atoms with Crippen LogP contribution in [0.25, 0.3) is 0 Å². The molecular weight excluding hydrogens is 486 g/mol. The number of aromatic nitrogens is 3. The minimum absolute atomic E-state index is 0.0721. The van der Waals surface area contributed by atoms with Gasteiger partial charge in [0.2, 0.25) is 0 Å². The number of methoxy groups -OCH3 is 1. The molecule has 3 aromatic heterocycles. The Morgan fingerprint density at radius 1 is 1.00 bits per heavy atom. The van der Waals surface area contributed by atoms with Crippen LogP contribution in [-0.4, -0.2) is 80.3 Å². The molecule has 10 heteroatoms. The maximum atomic E-state index is 13.8. The average molecular weight is 518 g/mol. The van der Waals surface area contributed by atoms with Gasteiger partial charge in [-0.15, -0.1) is 0 Å². The number of aliphatic hydroxyl groups excluding tert-OH is 1. The van der Waals surface area contributed by atoms with E-state index in [1.54, 1.807) is 30.6 Å². The van der Waals surface area contributed by atoms with Crippen LogP contribution in [-0.2, 0) is 16.1 Å². The summed E-state index contributed by atoms with van der Waals surface area (Å²) in [6.45, 7) is 2.88. The normalized spacial score (nSPS) is 29.5. The number of likely N-dealkylation sites (tertiary alicyclic amines) is 2. The highest BCUT2D eigenvalue weighted by atomic mass is 16.5. The van der Waals surface area contributed by atoms with Gasteiger partial charge in [0.05, 0.1) is 42.4 Å². The Morgan fingerprint density at radius 3 is 2.24 bits per heavy atom. The molecule has 0 radical (unpaired) electrons. The zero-order chi connectivity index (χ0) is 27.1. The van der Waals surface area contributed by atoms with Crippen molar-refractivity contribution < 1.29 is 24.5 Å². The second-order valence-corrected chi connectivity index (χ2v) is 10.4. The van der Waals surface area contributed by atoms with Crippen LogP contribution in [0.1, 0.15) is 46.6 Å². The first-order chi connectivity index (χ1) is 18.2. The number of hydrogen-bond donors (Lipinski definition) is 2. The van der Waals surface area contributed by atoms with Gasteiger partial charge in [0, 0.05) is 37.4 Å². The fourth-order valence-corrected chi connectivity index (χ4v) is 6.69. The third kappa shape index (κ3) is 4.05. The summed E-state index contributed by atoms with van der Waals surface area (Å²) in [4.78, 5) is 43.3. The van der Waals surface area contributed by atoms with Crippen LogP contribution in [0.15, 0.2) is 67.0 Å². The van der Waals surface area contributed by atoms with Crippen molar-refractivity contribution in [3.8, 4) is 0 Å². The zero-order valence-electron chi connectivity index (χ0n) is 21.6. The van der Waals surface area contributed by atoms with Gasteiger partial charge in [0.1, 0.15) is 11.1 Å². The van der Waals surface area contributed by atoms with Crippen molar-refractivity contribution in [2.45, 2.75) is 31.7 Å². The maximum Gasteiger partial charge on any atom is 0.354 e. The van der Waals surface area contributed by atoms with Crippen molar-refractivity contribution in [1.82, 2.24) is 24.8 Å². The first kappa shape index (κ1) is 25.9. The Kier molecular flexibility index (Phi) is 6.72. The lowest BCUT2D eigenvalue weighted by molar-refractivity contribution is -0.245. The minimum atomic E-state index is -1.39. The molecule has 38 heavy (non-hydrogen) atoms. The second kappa shape index (κ2) is 9.86. The molecule has 5 rings (SSSR count). The summed E-state index contributed by atoms with van der Waals surface area (Å²) in [5.74, 6) is -1.66. The van der Waals surface area contributed by atoms with Gasteiger partial charge in [-0.3, -0.25) is 19.7 Å². The summed E-state index contributed by atoms with van der Waals surface area (Å²) in [7, 11) is 3.26. The minimum Gasteiger partial charge on any atom is -0.477 e. The number of carbonyl (C=O) groups is 2. The Bertz CT molecular complexity index is 1330. The van der Waals surface area contributed by atoms with Crippen LogP contribution in [0.5, 0.6) is 0 Å². The largest absolute Gasteiger partial charge is 0.477 e. The lowest BCUT2D eigenvalue weighted by Gasteiger charge is -2.65. The number of carbonyl (C=O) groups excluding carboxylic acids is 1. The van der Waals surface area contributed by atoms with E-state index in [1.807, 2.05) is 44.3 Å². The molecule has 198 valence electrons. The molecule has 5 atom stereocenters. The van der Waals surface area contributed by atoms with Gasteiger partial charge >= 0.3 is 11.9 Å². The Labute approximate surface area is 220 Å². The summed E-state index contributed by atoms with van der Waals surface area (Å²) in [5, 5.41) is 21.7.